The molecule has 1 aromatic rings. The Morgan fingerprint density at radius 1 is 1.17 bits per heavy atom. The van der Waals surface area contributed by atoms with Gasteiger partial charge in [0.1, 0.15) is 5.84 Å². The van der Waals surface area contributed by atoms with Gasteiger partial charge in [0.15, 0.2) is 0 Å². The fourth-order valence-electron chi connectivity index (χ4n) is 1.19. The number of benzene rings is 1. The predicted octanol–water partition coefficient (Wildman–Crippen LogP) is 1.20. The molecular weight excluding hydrogens is 150 g/mol. The van der Waals surface area contributed by atoms with E-state index in [2.05, 4.69) is 22.4 Å². The molecule has 0 saturated heterocycles. The zero-order valence-corrected chi connectivity index (χ0v) is 6.96. The fraction of sp³-hybridized carbons (Fsp3) is 0.222. The molecule has 0 atom stereocenters. The van der Waals surface area contributed by atoms with Crippen LogP contribution in [0.2, 0.25) is 0 Å². The average Bonchev–Trinajstić information content (AvgIpc) is 2.58. The lowest BCUT2D eigenvalue weighted by atomic mass is 10.2. The Balaban J connectivity index is 0.000000720. The highest BCUT2D eigenvalue weighted by Crippen LogP contribution is 2.01. The van der Waals surface area contributed by atoms with E-state index < -0.39 is 0 Å². The van der Waals surface area contributed by atoms with Crippen molar-refractivity contribution in [3.8, 4) is 0 Å². The van der Waals surface area contributed by atoms with E-state index in [0.29, 0.717) is 0 Å². The van der Waals surface area contributed by atoms with Crippen LogP contribution in [0.15, 0.2) is 35.3 Å². The van der Waals surface area contributed by atoms with Gasteiger partial charge in [-0.25, -0.2) is 0 Å². The van der Waals surface area contributed by atoms with Crippen molar-refractivity contribution in [2.75, 3.05) is 13.1 Å². The van der Waals surface area contributed by atoms with Gasteiger partial charge in [-0.3, -0.25) is 4.99 Å². The minimum absolute atomic E-state index is 0. The molecule has 0 unspecified atom stereocenters. The van der Waals surface area contributed by atoms with Gasteiger partial charge in [-0.1, -0.05) is 30.3 Å². The molecule has 0 aliphatic carbocycles. The first-order valence-corrected chi connectivity index (χ1v) is 3.80. The van der Waals surface area contributed by atoms with Crippen LogP contribution < -0.4 is 11.5 Å². The number of hydrogen-bond acceptors (Lipinski definition) is 3. The molecular formula is C9H13N3. The normalized spacial score (nSPS) is 14.5. The van der Waals surface area contributed by atoms with Crippen LogP contribution in [0.4, 0.5) is 0 Å². The summed E-state index contributed by atoms with van der Waals surface area (Å²) in [5.41, 5.74) is 1.19. The monoisotopic (exact) mass is 163 g/mol. The van der Waals surface area contributed by atoms with Crippen LogP contribution in [0, 0.1) is 0 Å². The minimum atomic E-state index is 0. The molecule has 12 heavy (non-hydrogen) atoms. The smallest absolute Gasteiger partial charge is 0.128 e. The van der Waals surface area contributed by atoms with E-state index in [9.17, 15) is 0 Å². The average molecular weight is 163 g/mol. The first-order chi connectivity index (χ1) is 5.47. The number of rotatable bonds is 1. The molecule has 1 heterocycles. The molecule has 2 rings (SSSR count). The highest BCUT2D eigenvalue weighted by molar-refractivity contribution is 5.99. The first kappa shape index (κ1) is 8.74. The molecule has 0 fully saturated rings. The maximum absolute atomic E-state index is 4.31. The highest BCUT2D eigenvalue weighted by atomic mass is 15.1. The molecule has 0 aromatic heterocycles. The summed E-state index contributed by atoms with van der Waals surface area (Å²) in [6.07, 6.45) is 0. The van der Waals surface area contributed by atoms with Gasteiger partial charge >= 0.3 is 0 Å². The standard InChI is InChI=1S/C9H10N2.H3N/c1-2-4-8(5-3-1)9-10-6-7-11-9;/h1-5H,6-7H2,(H,10,11);1H3. The van der Waals surface area contributed by atoms with Crippen LogP contribution in [-0.4, -0.2) is 18.9 Å². The van der Waals surface area contributed by atoms with Crippen LogP contribution >= 0.6 is 0 Å². The third-order valence-corrected chi connectivity index (χ3v) is 1.72. The lowest BCUT2D eigenvalue weighted by Crippen LogP contribution is -2.19. The summed E-state index contributed by atoms with van der Waals surface area (Å²) in [6.45, 7) is 1.88. The molecule has 1 aliphatic rings. The van der Waals surface area contributed by atoms with Gasteiger partial charge < -0.3 is 11.5 Å². The Morgan fingerprint density at radius 2 is 1.92 bits per heavy atom. The van der Waals surface area contributed by atoms with Crippen molar-refractivity contribution in [2.24, 2.45) is 4.99 Å². The zero-order valence-electron chi connectivity index (χ0n) is 6.96. The number of amidine groups is 1. The van der Waals surface area contributed by atoms with Crippen molar-refractivity contribution in [3.63, 3.8) is 0 Å². The summed E-state index contributed by atoms with van der Waals surface area (Å²) in [5, 5.41) is 3.22. The molecule has 1 aliphatic heterocycles. The van der Waals surface area contributed by atoms with Gasteiger partial charge in [-0.05, 0) is 0 Å². The molecule has 64 valence electrons. The van der Waals surface area contributed by atoms with Crippen molar-refractivity contribution < 1.29 is 0 Å². The minimum Gasteiger partial charge on any atom is -0.368 e. The molecule has 0 saturated carbocycles. The van der Waals surface area contributed by atoms with Crippen molar-refractivity contribution in [1.82, 2.24) is 11.5 Å². The summed E-state index contributed by atoms with van der Waals surface area (Å²) >= 11 is 0. The van der Waals surface area contributed by atoms with Gasteiger partial charge in [0.2, 0.25) is 0 Å². The molecule has 0 bridgehead atoms. The number of nitrogens with one attached hydrogen (secondary N) is 1. The number of hydrogen-bond donors (Lipinski definition) is 2. The van der Waals surface area contributed by atoms with Crippen LogP contribution in [-0.2, 0) is 0 Å². The van der Waals surface area contributed by atoms with Gasteiger partial charge in [-0.15, -0.1) is 0 Å². The van der Waals surface area contributed by atoms with Crippen LogP contribution in [0.25, 0.3) is 0 Å². The Bertz CT molecular complexity index is 266. The lowest BCUT2D eigenvalue weighted by molar-refractivity contribution is 0.960. The van der Waals surface area contributed by atoms with Crippen LogP contribution in [0.3, 0.4) is 0 Å². The van der Waals surface area contributed by atoms with Gasteiger partial charge in [0.25, 0.3) is 0 Å². The van der Waals surface area contributed by atoms with Gasteiger partial charge in [0.05, 0.1) is 6.54 Å². The van der Waals surface area contributed by atoms with Crippen molar-refractivity contribution >= 4 is 5.84 Å². The second-order valence-electron chi connectivity index (χ2n) is 2.52. The highest BCUT2D eigenvalue weighted by Gasteiger charge is 2.05. The quantitative estimate of drug-likeness (QED) is 0.653. The topological polar surface area (TPSA) is 59.4 Å². The zero-order chi connectivity index (χ0) is 7.52. The summed E-state index contributed by atoms with van der Waals surface area (Å²) in [7, 11) is 0. The largest absolute Gasteiger partial charge is 0.368 e. The van der Waals surface area contributed by atoms with E-state index in [1.165, 1.54) is 5.56 Å². The first-order valence-electron chi connectivity index (χ1n) is 3.80. The van der Waals surface area contributed by atoms with E-state index in [0.717, 1.165) is 18.9 Å². The molecule has 0 radical (unpaired) electrons. The Kier molecular flexibility index (Phi) is 2.82. The Hall–Kier alpha value is -1.35. The van der Waals surface area contributed by atoms with E-state index in [-0.39, 0.29) is 6.15 Å². The molecule has 0 amide bonds. The third kappa shape index (κ3) is 1.62. The summed E-state index contributed by atoms with van der Waals surface area (Å²) in [4.78, 5) is 4.31. The van der Waals surface area contributed by atoms with Crippen molar-refractivity contribution in [2.45, 2.75) is 0 Å². The maximum Gasteiger partial charge on any atom is 0.128 e. The SMILES string of the molecule is N.c1ccc(C2=NCCN2)cc1. The van der Waals surface area contributed by atoms with Gasteiger partial charge in [-0.2, -0.15) is 0 Å². The predicted molar refractivity (Wildman–Crippen MR) is 50.9 cm³/mol. The molecule has 4 N–H and O–H groups in total. The molecule has 0 spiro atoms. The van der Waals surface area contributed by atoms with E-state index in [1.807, 2.05) is 18.2 Å². The van der Waals surface area contributed by atoms with E-state index in [1.54, 1.807) is 0 Å². The summed E-state index contributed by atoms with van der Waals surface area (Å²) in [6, 6.07) is 10.2. The second-order valence-corrected chi connectivity index (χ2v) is 2.52. The summed E-state index contributed by atoms with van der Waals surface area (Å²) < 4.78 is 0. The van der Waals surface area contributed by atoms with Crippen LogP contribution in [0.1, 0.15) is 5.56 Å². The van der Waals surface area contributed by atoms with E-state index >= 15 is 0 Å². The second kappa shape index (κ2) is 3.88. The Morgan fingerprint density at radius 3 is 2.50 bits per heavy atom. The summed E-state index contributed by atoms with van der Waals surface area (Å²) in [5.74, 6) is 1.03. The Labute approximate surface area is 72.1 Å². The van der Waals surface area contributed by atoms with Gasteiger partial charge in [0, 0.05) is 12.1 Å². The lowest BCUT2D eigenvalue weighted by Gasteiger charge is -1.99. The number of aliphatic imine (C=N–C) groups is 1. The molecule has 3 heteroatoms. The fourth-order valence-corrected chi connectivity index (χ4v) is 1.19. The van der Waals surface area contributed by atoms with Crippen molar-refractivity contribution in [1.29, 1.82) is 0 Å². The maximum atomic E-state index is 4.31. The molecule has 1 aromatic carbocycles. The molecule has 3 nitrogen and oxygen atoms in total. The third-order valence-electron chi connectivity index (χ3n) is 1.72. The van der Waals surface area contributed by atoms with E-state index in [4.69, 9.17) is 0 Å². The van der Waals surface area contributed by atoms with Crippen molar-refractivity contribution in [3.05, 3.63) is 35.9 Å². The number of nitrogens with zero attached hydrogens (tertiary/aromatic N) is 1. The van der Waals surface area contributed by atoms with Crippen LogP contribution in [0.5, 0.6) is 0 Å².